The van der Waals surface area contributed by atoms with E-state index in [1.165, 1.54) is 11.6 Å². The summed E-state index contributed by atoms with van der Waals surface area (Å²) in [5.74, 6) is -0.215. The lowest BCUT2D eigenvalue weighted by atomic mass is 10.0. The van der Waals surface area contributed by atoms with Crippen molar-refractivity contribution in [1.29, 1.82) is 0 Å². The van der Waals surface area contributed by atoms with E-state index in [2.05, 4.69) is 27.0 Å². The minimum absolute atomic E-state index is 0.215. The summed E-state index contributed by atoms with van der Waals surface area (Å²) in [6.07, 6.45) is 10.5. The molecule has 0 saturated carbocycles. The standard InChI is InChI=1S/C18H25F/c1-7-10-16(13-15(6)8-2)11-12-18(19)17(9-3)14(4)5/h7,10-13H,1,4,8-9H2,2-3,5-6H3/b12-11+,15-13+,16-10-,18-17+. The number of allylic oxidation sites excluding steroid dienone is 10. The fourth-order valence-electron chi connectivity index (χ4n) is 1.62. The third-order valence-electron chi connectivity index (χ3n) is 2.86. The summed E-state index contributed by atoms with van der Waals surface area (Å²) < 4.78 is 14.0. The van der Waals surface area contributed by atoms with Gasteiger partial charge in [0.2, 0.25) is 0 Å². The summed E-state index contributed by atoms with van der Waals surface area (Å²) in [7, 11) is 0. The summed E-state index contributed by atoms with van der Waals surface area (Å²) in [4.78, 5) is 0. The van der Waals surface area contributed by atoms with Gasteiger partial charge in [0, 0.05) is 0 Å². The van der Waals surface area contributed by atoms with E-state index in [4.69, 9.17) is 0 Å². The van der Waals surface area contributed by atoms with E-state index in [1.807, 2.05) is 26.0 Å². The van der Waals surface area contributed by atoms with Crippen LogP contribution in [0.5, 0.6) is 0 Å². The van der Waals surface area contributed by atoms with Crippen molar-refractivity contribution in [3.63, 3.8) is 0 Å². The average Bonchev–Trinajstić information content (AvgIpc) is 2.36. The molecule has 0 unspecified atom stereocenters. The molecule has 0 aliphatic heterocycles. The molecule has 0 aliphatic rings. The lowest BCUT2D eigenvalue weighted by Crippen LogP contribution is -1.86. The van der Waals surface area contributed by atoms with Crippen molar-refractivity contribution in [1.82, 2.24) is 0 Å². The molecular weight excluding hydrogens is 235 g/mol. The second-order valence-electron chi connectivity index (χ2n) is 4.54. The first-order chi connectivity index (χ1) is 8.96. The Morgan fingerprint density at radius 2 is 1.74 bits per heavy atom. The van der Waals surface area contributed by atoms with Crippen LogP contribution in [0.15, 0.2) is 71.7 Å². The Bertz CT molecular complexity index is 442. The average molecular weight is 260 g/mol. The maximum atomic E-state index is 14.0. The summed E-state index contributed by atoms with van der Waals surface area (Å²) >= 11 is 0. The number of halogens is 1. The highest BCUT2D eigenvalue weighted by molar-refractivity contribution is 5.40. The molecule has 0 heterocycles. The van der Waals surface area contributed by atoms with Gasteiger partial charge in [-0.1, -0.05) is 62.5 Å². The topological polar surface area (TPSA) is 0 Å². The SMILES string of the molecule is C=C/C=C(/C=C/C(F)=C(/CC)C(=C)C)\C=C(/C)CC. The van der Waals surface area contributed by atoms with Crippen LogP contribution in [-0.2, 0) is 0 Å². The van der Waals surface area contributed by atoms with Gasteiger partial charge >= 0.3 is 0 Å². The van der Waals surface area contributed by atoms with Crippen LogP contribution in [0.1, 0.15) is 40.5 Å². The van der Waals surface area contributed by atoms with E-state index in [-0.39, 0.29) is 5.83 Å². The minimum atomic E-state index is -0.215. The molecule has 19 heavy (non-hydrogen) atoms. The molecule has 0 radical (unpaired) electrons. The fourth-order valence-corrected chi connectivity index (χ4v) is 1.62. The highest BCUT2D eigenvalue weighted by Crippen LogP contribution is 2.19. The lowest BCUT2D eigenvalue weighted by molar-refractivity contribution is 0.650. The second-order valence-corrected chi connectivity index (χ2v) is 4.54. The molecule has 1 heteroatoms. The van der Waals surface area contributed by atoms with E-state index >= 15 is 0 Å². The zero-order chi connectivity index (χ0) is 14.8. The first-order valence-corrected chi connectivity index (χ1v) is 6.68. The van der Waals surface area contributed by atoms with E-state index in [0.29, 0.717) is 12.0 Å². The van der Waals surface area contributed by atoms with Gasteiger partial charge in [0.1, 0.15) is 5.83 Å². The third-order valence-corrected chi connectivity index (χ3v) is 2.86. The predicted molar refractivity (Wildman–Crippen MR) is 84.7 cm³/mol. The molecule has 0 N–H and O–H groups in total. The Hall–Kier alpha value is -1.63. The first kappa shape index (κ1) is 17.4. The number of hydrogen-bond donors (Lipinski definition) is 0. The van der Waals surface area contributed by atoms with Crippen molar-refractivity contribution in [3.8, 4) is 0 Å². The second kappa shape index (κ2) is 9.32. The smallest absolute Gasteiger partial charge is 0.126 e. The summed E-state index contributed by atoms with van der Waals surface area (Å²) in [6.45, 7) is 15.4. The van der Waals surface area contributed by atoms with Gasteiger partial charge < -0.3 is 0 Å². The zero-order valence-electron chi connectivity index (χ0n) is 12.6. The van der Waals surface area contributed by atoms with Crippen LogP contribution in [0.25, 0.3) is 0 Å². The largest absolute Gasteiger partial charge is 0.207 e. The molecule has 0 fully saturated rings. The highest BCUT2D eigenvalue weighted by Gasteiger charge is 2.02. The van der Waals surface area contributed by atoms with Crippen LogP contribution < -0.4 is 0 Å². The van der Waals surface area contributed by atoms with Crippen LogP contribution in [-0.4, -0.2) is 0 Å². The highest BCUT2D eigenvalue weighted by atomic mass is 19.1. The third kappa shape index (κ3) is 6.76. The maximum absolute atomic E-state index is 14.0. The molecule has 0 rings (SSSR count). The van der Waals surface area contributed by atoms with Crippen molar-refractivity contribution < 1.29 is 4.39 Å². The Balaban J connectivity index is 5.27. The molecule has 0 bridgehead atoms. The van der Waals surface area contributed by atoms with Gasteiger partial charge in [-0.2, -0.15) is 0 Å². The van der Waals surface area contributed by atoms with E-state index in [1.54, 1.807) is 12.2 Å². The van der Waals surface area contributed by atoms with E-state index < -0.39 is 0 Å². The summed E-state index contributed by atoms with van der Waals surface area (Å²) in [5.41, 5.74) is 3.64. The summed E-state index contributed by atoms with van der Waals surface area (Å²) in [6, 6.07) is 0. The normalized spacial score (nSPS) is 14.6. The monoisotopic (exact) mass is 260 g/mol. The molecule has 0 aromatic carbocycles. The van der Waals surface area contributed by atoms with Crippen LogP contribution in [0.3, 0.4) is 0 Å². The first-order valence-electron chi connectivity index (χ1n) is 6.68. The van der Waals surface area contributed by atoms with Crippen LogP contribution >= 0.6 is 0 Å². The van der Waals surface area contributed by atoms with Crippen molar-refractivity contribution in [3.05, 3.63) is 71.7 Å². The van der Waals surface area contributed by atoms with Crippen LogP contribution in [0.2, 0.25) is 0 Å². The molecule has 0 aliphatic carbocycles. The van der Waals surface area contributed by atoms with Gasteiger partial charge in [0.25, 0.3) is 0 Å². The van der Waals surface area contributed by atoms with Gasteiger partial charge in [0.05, 0.1) is 0 Å². The maximum Gasteiger partial charge on any atom is 0.126 e. The van der Waals surface area contributed by atoms with Crippen LogP contribution in [0.4, 0.5) is 4.39 Å². The molecule has 0 spiro atoms. The molecule has 0 amide bonds. The Morgan fingerprint density at radius 3 is 2.16 bits per heavy atom. The lowest BCUT2D eigenvalue weighted by Gasteiger charge is -2.03. The van der Waals surface area contributed by atoms with E-state index in [0.717, 1.165) is 17.6 Å². The van der Waals surface area contributed by atoms with Gasteiger partial charge in [-0.05, 0) is 43.9 Å². The van der Waals surface area contributed by atoms with Crippen molar-refractivity contribution in [2.75, 3.05) is 0 Å². The Labute approximate surface area is 117 Å². The van der Waals surface area contributed by atoms with Gasteiger partial charge in [0.15, 0.2) is 0 Å². The molecular formula is C18H25F. The van der Waals surface area contributed by atoms with Crippen molar-refractivity contribution in [2.45, 2.75) is 40.5 Å². The molecule has 0 saturated heterocycles. The van der Waals surface area contributed by atoms with Crippen molar-refractivity contribution >= 4 is 0 Å². The fraction of sp³-hybridized carbons (Fsp3) is 0.333. The number of hydrogen-bond acceptors (Lipinski definition) is 0. The predicted octanol–water partition coefficient (Wildman–Crippen LogP) is 6.22. The molecule has 0 aromatic heterocycles. The van der Waals surface area contributed by atoms with Gasteiger partial charge in [-0.25, -0.2) is 4.39 Å². The zero-order valence-corrected chi connectivity index (χ0v) is 12.6. The molecule has 0 nitrogen and oxygen atoms in total. The van der Waals surface area contributed by atoms with Gasteiger partial charge in [-0.3, -0.25) is 0 Å². The summed E-state index contributed by atoms with van der Waals surface area (Å²) in [5, 5.41) is 0. The number of rotatable bonds is 7. The Kier molecular flexibility index (Phi) is 8.52. The quantitative estimate of drug-likeness (QED) is 0.476. The minimum Gasteiger partial charge on any atom is -0.207 e. The van der Waals surface area contributed by atoms with Crippen molar-refractivity contribution in [2.24, 2.45) is 0 Å². The molecule has 0 atom stereocenters. The van der Waals surface area contributed by atoms with Gasteiger partial charge in [-0.15, -0.1) is 0 Å². The Morgan fingerprint density at radius 1 is 1.11 bits per heavy atom. The van der Waals surface area contributed by atoms with E-state index in [9.17, 15) is 4.39 Å². The molecule has 104 valence electrons. The molecule has 0 aromatic rings. The van der Waals surface area contributed by atoms with Crippen LogP contribution in [0, 0.1) is 0 Å².